The summed E-state index contributed by atoms with van der Waals surface area (Å²) >= 11 is 6.34. The second-order valence-corrected chi connectivity index (χ2v) is 10.7. The van der Waals surface area contributed by atoms with Crippen LogP contribution in [0.15, 0.2) is 24.4 Å². The number of amides is 3. The van der Waals surface area contributed by atoms with Crippen LogP contribution in [0.25, 0.3) is 0 Å². The number of anilines is 1. The van der Waals surface area contributed by atoms with Gasteiger partial charge in [0, 0.05) is 41.6 Å². The molecule has 16 heteroatoms. The van der Waals surface area contributed by atoms with Crippen LogP contribution in [0.1, 0.15) is 76.2 Å². The number of imidazole rings is 1. The molecule has 2 aromatic heterocycles. The highest BCUT2D eigenvalue weighted by atomic mass is 35.5. The SMILES string of the molecule is C[C@H](N)C(=O)NC1CCC(NC(=O)c2ccc(NC(=O)c3ncc(Cc4c(C(F)(F)F)n[nH]c4CC#N)[nH]3)cc2Cl)CC1. The first kappa shape index (κ1) is 31.5. The van der Waals surface area contributed by atoms with Crippen LogP contribution in [0.5, 0.6) is 0 Å². The third kappa shape index (κ3) is 7.90. The number of carbonyl (C=O) groups excluding carboxylic acids is 3. The molecule has 1 aromatic carbocycles. The number of carbonyl (C=O) groups is 3. The number of hydrogen-bond acceptors (Lipinski definition) is 7. The first-order chi connectivity index (χ1) is 20.3. The maximum absolute atomic E-state index is 13.4. The van der Waals surface area contributed by atoms with E-state index in [1.54, 1.807) is 13.0 Å². The summed E-state index contributed by atoms with van der Waals surface area (Å²) in [4.78, 5) is 44.0. The Morgan fingerprint density at radius 1 is 1.16 bits per heavy atom. The monoisotopic (exact) mass is 619 g/mol. The summed E-state index contributed by atoms with van der Waals surface area (Å²) in [6.07, 6.45) is -1.37. The van der Waals surface area contributed by atoms with Gasteiger partial charge in [0.1, 0.15) is 0 Å². The Bertz CT molecular complexity index is 1540. The number of H-pyrrole nitrogens is 2. The van der Waals surface area contributed by atoms with E-state index in [0.717, 1.165) is 0 Å². The largest absolute Gasteiger partial charge is 0.435 e. The summed E-state index contributed by atoms with van der Waals surface area (Å²) in [5.41, 5.74) is 4.93. The first-order valence-corrected chi connectivity index (χ1v) is 13.7. The lowest BCUT2D eigenvalue weighted by Gasteiger charge is -2.30. The molecule has 0 radical (unpaired) electrons. The van der Waals surface area contributed by atoms with Gasteiger partial charge in [-0.05, 0) is 50.8 Å². The number of hydrogen-bond donors (Lipinski definition) is 6. The van der Waals surface area contributed by atoms with E-state index in [-0.39, 0.29) is 75.8 Å². The van der Waals surface area contributed by atoms with E-state index >= 15 is 0 Å². The summed E-state index contributed by atoms with van der Waals surface area (Å²) in [5, 5.41) is 23.0. The van der Waals surface area contributed by atoms with E-state index < -0.39 is 23.8 Å². The van der Waals surface area contributed by atoms with Crippen molar-refractivity contribution in [3.05, 3.63) is 63.5 Å². The molecule has 0 unspecified atom stereocenters. The molecular formula is C27H29ClF3N9O3. The molecule has 1 saturated carbocycles. The van der Waals surface area contributed by atoms with E-state index in [1.165, 1.54) is 24.4 Å². The van der Waals surface area contributed by atoms with E-state index in [9.17, 15) is 27.6 Å². The summed E-state index contributed by atoms with van der Waals surface area (Å²) < 4.78 is 40.1. The van der Waals surface area contributed by atoms with Crippen molar-refractivity contribution in [2.75, 3.05) is 5.32 Å². The van der Waals surface area contributed by atoms with E-state index in [1.807, 2.05) is 0 Å². The van der Waals surface area contributed by atoms with Crippen LogP contribution in [0.2, 0.25) is 5.02 Å². The molecule has 3 aromatic rings. The third-order valence-electron chi connectivity index (χ3n) is 6.98. The van der Waals surface area contributed by atoms with Gasteiger partial charge in [-0.1, -0.05) is 11.6 Å². The van der Waals surface area contributed by atoms with Gasteiger partial charge in [0.2, 0.25) is 5.91 Å². The molecule has 1 fully saturated rings. The minimum absolute atomic E-state index is 0.00687. The van der Waals surface area contributed by atoms with Crippen molar-refractivity contribution in [2.45, 2.75) is 69.8 Å². The number of rotatable bonds is 9. The Labute approximate surface area is 249 Å². The number of nitrogens with zero attached hydrogens (tertiary/aromatic N) is 3. The molecule has 7 N–H and O–H groups in total. The van der Waals surface area contributed by atoms with Crippen molar-refractivity contribution in [1.29, 1.82) is 5.26 Å². The Hall–Kier alpha value is -4.42. The van der Waals surface area contributed by atoms with Gasteiger partial charge in [-0.15, -0.1) is 0 Å². The lowest BCUT2D eigenvalue weighted by molar-refractivity contribution is -0.141. The average molecular weight is 620 g/mol. The molecular weight excluding hydrogens is 591 g/mol. The number of aromatic amines is 2. The van der Waals surface area contributed by atoms with Crippen LogP contribution in [-0.4, -0.2) is 56.0 Å². The minimum Gasteiger partial charge on any atom is -0.352 e. The Kier molecular flexibility index (Phi) is 9.72. The normalized spacial score (nSPS) is 17.5. The van der Waals surface area contributed by atoms with Crippen molar-refractivity contribution in [2.24, 2.45) is 5.73 Å². The fourth-order valence-corrected chi connectivity index (χ4v) is 5.02. The number of aromatic nitrogens is 4. The summed E-state index contributed by atoms with van der Waals surface area (Å²) in [7, 11) is 0. The number of nitrogens with one attached hydrogen (secondary N) is 5. The predicted octanol–water partition coefficient (Wildman–Crippen LogP) is 3.22. The molecule has 1 aliphatic rings. The zero-order valence-corrected chi connectivity index (χ0v) is 23.7. The second kappa shape index (κ2) is 13.3. The van der Waals surface area contributed by atoms with Crippen molar-refractivity contribution >= 4 is 35.0 Å². The Morgan fingerprint density at radius 3 is 2.44 bits per heavy atom. The van der Waals surface area contributed by atoms with Crippen molar-refractivity contribution in [3.63, 3.8) is 0 Å². The fourth-order valence-electron chi connectivity index (χ4n) is 4.75. The molecule has 12 nitrogen and oxygen atoms in total. The average Bonchev–Trinajstić information content (AvgIpc) is 3.57. The van der Waals surface area contributed by atoms with Gasteiger partial charge in [-0.2, -0.15) is 23.5 Å². The summed E-state index contributed by atoms with van der Waals surface area (Å²) in [5.74, 6) is -1.44. The molecule has 4 rings (SSSR count). The van der Waals surface area contributed by atoms with Gasteiger partial charge < -0.3 is 26.7 Å². The molecule has 0 spiro atoms. The van der Waals surface area contributed by atoms with Crippen LogP contribution in [0.3, 0.4) is 0 Å². The third-order valence-corrected chi connectivity index (χ3v) is 7.29. The van der Waals surface area contributed by atoms with Gasteiger partial charge in [0.05, 0.1) is 34.8 Å². The van der Waals surface area contributed by atoms with Gasteiger partial charge >= 0.3 is 6.18 Å². The van der Waals surface area contributed by atoms with Gasteiger partial charge in [0.15, 0.2) is 11.5 Å². The van der Waals surface area contributed by atoms with Crippen molar-refractivity contribution in [1.82, 2.24) is 30.8 Å². The molecule has 43 heavy (non-hydrogen) atoms. The molecule has 228 valence electrons. The summed E-state index contributed by atoms with van der Waals surface area (Å²) in [6, 6.07) is 5.46. The zero-order chi connectivity index (χ0) is 31.3. The van der Waals surface area contributed by atoms with E-state index in [0.29, 0.717) is 25.7 Å². The zero-order valence-electron chi connectivity index (χ0n) is 22.9. The molecule has 0 saturated heterocycles. The van der Waals surface area contributed by atoms with Crippen molar-refractivity contribution < 1.29 is 27.6 Å². The molecule has 3 amide bonds. The van der Waals surface area contributed by atoms with Gasteiger partial charge in [-0.3, -0.25) is 19.5 Å². The van der Waals surface area contributed by atoms with Gasteiger partial charge in [0.25, 0.3) is 11.8 Å². The topological polar surface area (TPSA) is 194 Å². The van der Waals surface area contributed by atoms with Crippen molar-refractivity contribution in [3.8, 4) is 6.07 Å². The first-order valence-electron chi connectivity index (χ1n) is 13.4. The highest BCUT2D eigenvalue weighted by Gasteiger charge is 2.38. The Morgan fingerprint density at radius 2 is 1.84 bits per heavy atom. The molecule has 2 heterocycles. The number of halogens is 4. The maximum Gasteiger partial charge on any atom is 0.435 e. The Balaban J connectivity index is 1.34. The number of benzene rings is 1. The lowest BCUT2D eigenvalue weighted by Crippen LogP contribution is -2.47. The molecule has 1 atom stereocenters. The number of nitriles is 1. The standard InChI is InChI=1S/C27H29ClF3N9O3/c1-13(33)24(41)36-14-2-4-15(5-3-14)37-25(42)18-7-6-16(11-20(18)28)38-26(43)23-34-12-17(35-23)10-19-21(8-9-32)39-40-22(19)27(29,30)31/h6-7,11-15H,2-5,8,10,33H2,1H3,(H,34,35)(H,36,41)(H,37,42)(H,38,43)(H,39,40)/t13-,14?,15?/m0/s1. The van der Waals surface area contributed by atoms with Crippen LogP contribution in [-0.2, 0) is 23.8 Å². The number of alkyl halides is 3. The molecule has 0 bridgehead atoms. The van der Waals surface area contributed by atoms with E-state index in [4.69, 9.17) is 22.6 Å². The highest BCUT2D eigenvalue weighted by Crippen LogP contribution is 2.33. The second-order valence-electron chi connectivity index (χ2n) is 10.3. The van der Waals surface area contributed by atoms with Crippen LogP contribution in [0.4, 0.5) is 18.9 Å². The quantitative estimate of drug-likeness (QED) is 0.211. The summed E-state index contributed by atoms with van der Waals surface area (Å²) in [6.45, 7) is 1.62. The van der Waals surface area contributed by atoms with Crippen LogP contribution < -0.4 is 21.7 Å². The van der Waals surface area contributed by atoms with E-state index in [2.05, 4.69) is 36.1 Å². The van der Waals surface area contributed by atoms with Crippen LogP contribution >= 0.6 is 11.6 Å². The molecule has 0 aliphatic heterocycles. The fraction of sp³-hybridized carbons (Fsp3) is 0.407. The maximum atomic E-state index is 13.4. The van der Waals surface area contributed by atoms with Gasteiger partial charge in [-0.25, -0.2) is 4.98 Å². The smallest absolute Gasteiger partial charge is 0.352 e. The highest BCUT2D eigenvalue weighted by molar-refractivity contribution is 6.34. The van der Waals surface area contributed by atoms with Crippen LogP contribution in [0, 0.1) is 11.3 Å². The lowest BCUT2D eigenvalue weighted by atomic mass is 9.90. The number of nitrogens with two attached hydrogens (primary N) is 1. The minimum atomic E-state index is -4.73. The predicted molar refractivity (Wildman–Crippen MR) is 149 cm³/mol. The molecule has 1 aliphatic carbocycles.